The molecule has 2 rings (SSSR count). The van der Waals surface area contributed by atoms with Crippen molar-refractivity contribution in [3.63, 3.8) is 0 Å². The number of imide groups is 1. The fourth-order valence-electron chi connectivity index (χ4n) is 2.21. The van der Waals surface area contributed by atoms with Crippen molar-refractivity contribution in [2.24, 2.45) is 4.99 Å². The number of hydrogen-bond donors (Lipinski definition) is 2. The number of carbonyl (C=O) groups excluding carboxylic acids is 2. The highest BCUT2D eigenvalue weighted by molar-refractivity contribution is 8.13. The molecule has 8 heteroatoms. The Morgan fingerprint density at radius 3 is 2.85 bits per heavy atom. The van der Waals surface area contributed by atoms with Gasteiger partial charge in [0.25, 0.3) is 5.91 Å². The van der Waals surface area contributed by atoms with Crippen molar-refractivity contribution in [2.75, 3.05) is 26.0 Å². The predicted octanol–water partition coefficient (Wildman–Crippen LogP) is -0.164. The fourth-order valence-corrected chi connectivity index (χ4v) is 3.02. The minimum atomic E-state index is -0.532. The highest BCUT2D eigenvalue weighted by Crippen LogP contribution is 2.28. The Kier molecular flexibility index (Phi) is 4.34. The van der Waals surface area contributed by atoms with Gasteiger partial charge in [0.2, 0.25) is 0 Å². The number of fused-ring (bicyclic) bond motifs is 1. The molecule has 0 saturated carbocycles. The van der Waals surface area contributed by atoms with Gasteiger partial charge in [0, 0.05) is 19.3 Å². The van der Waals surface area contributed by atoms with Crippen molar-refractivity contribution in [2.45, 2.75) is 19.1 Å². The molecule has 2 aliphatic heterocycles. The molecule has 110 valence electrons. The van der Waals surface area contributed by atoms with Crippen LogP contribution in [0.2, 0.25) is 0 Å². The number of thioether (sulfide) groups is 1. The van der Waals surface area contributed by atoms with Crippen LogP contribution >= 0.6 is 11.8 Å². The van der Waals surface area contributed by atoms with E-state index in [9.17, 15) is 9.59 Å². The lowest BCUT2D eigenvalue weighted by Gasteiger charge is -2.36. The average Bonchev–Trinajstić information content (AvgIpc) is 2.72. The van der Waals surface area contributed by atoms with Crippen LogP contribution in [0.25, 0.3) is 0 Å². The van der Waals surface area contributed by atoms with Crippen LogP contribution in [0, 0.1) is 0 Å². The summed E-state index contributed by atoms with van der Waals surface area (Å²) in [6.07, 6.45) is -0.517. The van der Waals surface area contributed by atoms with E-state index in [0.29, 0.717) is 17.5 Å². The van der Waals surface area contributed by atoms with Crippen molar-refractivity contribution < 1.29 is 14.7 Å². The number of rotatable bonds is 4. The summed E-state index contributed by atoms with van der Waals surface area (Å²) in [6, 6.07) is -0.973. The van der Waals surface area contributed by atoms with Gasteiger partial charge in [0.15, 0.2) is 17.4 Å². The molecule has 0 radical (unpaired) electrons. The van der Waals surface area contributed by atoms with Gasteiger partial charge in [-0.15, -0.1) is 0 Å². The van der Waals surface area contributed by atoms with Gasteiger partial charge in [-0.2, -0.15) is 0 Å². The fraction of sp³-hybridized carbons (Fsp3) is 0.583. The van der Waals surface area contributed by atoms with Gasteiger partial charge in [0.05, 0.1) is 6.61 Å². The summed E-state index contributed by atoms with van der Waals surface area (Å²) in [5.74, 6) is 0.146. The standard InChI is InChI=1S/C12H18N4O3S/c1-7(2)6-16-8-9(13-12(16)20-5-4-17)15(3)11(19)14-10(8)18/h8-9,17H,1,4-6H2,2-3H3,(H,14,18,19). The number of carbonyl (C=O) groups is 2. The summed E-state index contributed by atoms with van der Waals surface area (Å²) in [5, 5.41) is 11.9. The molecule has 0 aromatic rings. The second kappa shape index (κ2) is 5.84. The number of aliphatic imine (C=N–C) groups is 1. The van der Waals surface area contributed by atoms with E-state index < -0.39 is 18.2 Å². The second-order valence-corrected chi connectivity index (χ2v) is 5.89. The van der Waals surface area contributed by atoms with E-state index >= 15 is 0 Å². The van der Waals surface area contributed by atoms with Crippen LogP contribution in [-0.4, -0.2) is 70.2 Å². The molecule has 0 aliphatic carbocycles. The maximum atomic E-state index is 12.1. The van der Waals surface area contributed by atoms with Crippen LogP contribution in [0.15, 0.2) is 17.1 Å². The number of urea groups is 1. The van der Waals surface area contributed by atoms with E-state index in [-0.39, 0.29) is 12.5 Å². The van der Waals surface area contributed by atoms with E-state index in [1.54, 1.807) is 7.05 Å². The minimum absolute atomic E-state index is 0.0287. The lowest BCUT2D eigenvalue weighted by molar-refractivity contribution is -0.126. The molecule has 0 aromatic carbocycles. The van der Waals surface area contributed by atoms with Crippen LogP contribution in [0.5, 0.6) is 0 Å². The van der Waals surface area contributed by atoms with Gasteiger partial charge in [0.1, 0.15) is 0 Å². The molecule has 2 aliphatic rings. The first kappa shape index (κ1) is 14.9. The van der Waals surface area contributed by atoms with Crippen LogP contribution in [0.1, 0.15) is 6.92 Å². The maximum absolute atomic E-state index is 12.1. The van der Waals surface area contributed by atoms with Crippen LogP contribution < -0.4 is 5.32 Å². The Hall–Kier alpha value is -1.54. The smallest absolute Gasteiger partial charge is 0.325 e. The molecule has 2 N–H and O–H groups in total. The van der Waals surface area contributed by atoms with Crippen molar-refractivity contribution in [1.82, 2.24) is 15.1 Å². The quantitative estimate of drug-likeness (QED) is 0.704. The SMILES string of the molecule is C=C(C)CN1C(SCCO)=NC2C1C(=O)NC(=O)N2C. The number of aliphatic hydroxyl groups is 1. The highest BCUT2D eigenvalue weighted by atomic mass is 32.2. The number of hydrogen-bond acceptors (Lipinski definition) is 6. The number of likely N-dealkylation sites (N-methyl/N-ethyl adjacent to an activating group) is 1. The molecule has 1 saturated heterocycles. The third kappa shape index (κ3) is 2.66. The van der Waals surface area contributed by atoms with Crippen LogP contribution in [0.3, 0.4) is 0 Å². The summed E-state index contributed by atoms with van der Waals surface area (Å²) in [5.41, 5.74) is 0.898. The summed E-state index contributed by atoms with van der Waals surface area (Å²) in [4.78, 5) is 31.4. The Balaban J connectivity index is 2.27. The zero-order valence-corrected chi connectivity index (χ0v) is 12.3. The molecule has 2 atom stereocenters. The van der Waals surface area contributed by atoms with Gasteiger partial charge >= 0.3 is 6.03 Å². The molecule has 2 unspecified atom stereocenters. The number of aliphatic hydroxyl groups excluding tert-OH is 1. The molecule has 2 heterocycles. The van der Waals surface area contributed by atoms with Gasteiger partial charge in [-0.1, -0.05) is 23.9 Å². The van der Waals surface area contributed by atoms with Gasteiger partial charge in [-0.05, 0) is 6.92 Å². The third-order valence-corrected chi connectivity index (χ3v) is 4.07. The number of nitrogens with one attached hydrogen (secondary N) is 1. The van der Waals surface area contributed by atoms with Crippen molar-refractivity contribution in [1.29, 1.82) is 0 Å². The lowest BCUT2D eigenvalue weighted by Crippen LogP contribution is -2.63. The molecule has 1 fully saturated rings. The Morgan fingerprint density at radius 2 is 2.25 bits per heavy atom. The number of nitrogens with zero attached hydrogens (tertiary/aromatic N) is 3. The third-order valence-electron chi connectivity index (χ3n) is 3.09. The molecule has 3 amide bonds. The first-order valence-corrected chi connectivity index (χ1v) is 7.24. The largest absolute Gasteiger partial charge is 0.396 e. The summed E-state index contributed by atoms with van der Waals surface area (Å²) >= 11 is 1.37. The molecule has 0 aromatic heterocycles. The van der Waals surface area contributed by atoms with Gasteiger partial charge in [-0.25, -0.2) is 9.79 Å². The maximum Gasteiger partial charge on any atom is 0.325 e. The number of amidine groups is 1. The van der Waals surface area contributed by atoms with E-state index in [2.05, 4.69) is 16.9 Å². The van der Waals surface area contributed by atoms with Crippen LogP contribution in [0.4, 0.5) is 4.79 Å². The predicted molar refractivity (Wildman–Crippen MR) is 77.4 cm³/mol. The van der Waals surface area contributed by atoms with E-state index in [4.69, 9.17) is 5.11 Å². The minimum Gasteiger partial charge on any atom is -0.396 e. The molecule has 0 bridgehead atoms. The van der Waals surface area contributed by atoms with E-state index in [0.717, 1.165) is 5.57 Å². The second-order valence-electron chi connectivity index (χ2n) is 4.83. The zero-order chi connectivity index (χ0) is 14.9. The van der Waals surface area contributed by atoms with Gasteiger partial charge in [-0.3, -0.25) is 10.1 Å². The lowest BCUT2D eigenvalue weighted by atomic mass is 10.1. The Labute approximate surface area is 121 Å². The molecule has 20 heavy (non-hydrogen) atoms. The monoisotopic (exact) mass is 298 g/mol. The van der Waals surface area contributed by atoms with Crippen molar-refractivity contribution in [3.8, 4) is 0 Å². The molecule has 7 nitrogen and oxygen atoms in total. The van der Waals surface area contributed by atoms with Gasteiger partial charge < -0.3 is 14.9 Å². The van der Waals surface area contributed by atoms with E-state index in [1.165, 1.54) is 16.7 Å². The van der Waals surface area contributed by atoms with Crippen LogP contribution in [-0.2, 0) is 4.79 Å². The van der Waals surface area contributed by atoms with Crippen molar-refractivity contribution in [3.05, 3.63) is 12.2 Å². The first-order valence-electron chi connectivity index (χ1n) is 6.26. The molecule has 0 spiro atoms. The highest BCUT2D eigenvalue weighted by Gasteiger charge is 2.48. The Morgan fingerprint density at radius 1 is 1.55 bits per heavy atom. The average molecular weight is 298 g/mol. The zero-order valence-electron chi connectivity index (χ0n) is 11.5. The molecular weight excluding hydrogens is 280 g/mol. The normalized spacial score (nSPS) is 25.4. The number of amides is 3. The topological polar surface area (TPSA) is 85.2 Å². The summed E-state index contributed by atoms with van der Waals surface area (Å²) in [7, 11) is 1.61. The first-order chi connectivity index (χ1) is 9.45. The summed E-state index contributed by atoms with van der Waals surface area (Å²) in [6.45, 7) is 6.26. The Bertz CT molecular complexity index is 479. The van der Waals surface area contributed by atoms with Crippen molar-refractivity contribution >= 4 is 28.9 Å². The van der Waals surface area contributed by atoms with E-state index in [1.807, 2.05) is 11.8 Å². The summed E-state index contributed by atoms with van der Waals surface area (Å²) < 4.78 is 0. The molecular formula is C12H18N4O3S.